The Hall–Kier alpha value is -2.56. The summed E-state index contributed by atoms with van der Waals surface area (Å²) in [5, 5.41) is 11.3. The highest BCUT2D eigenvalue weighted by atomic mass is 16.5. The van der Waals surface area contributed by atoms with Crippen molar-refractivity contribution in [1.29, 1.82) is 0 Å². The molecule has 0 aliphatic rings. The number of hydrogen-bond acceptors (Lipinski definition) is 3. The van der Waals surface area contributed by atoms with Crippen molar-refractivity contribution in [2.75, 3.05) is 6.61 Å². The van der Waals surface area contributed by atoms with Crippen molar-refractivity contribution in [3.05, 3.63) is 47.7 Å². The number of benzene rings is 1. The van der Waals surface area contributed by atoms with E-state index in [0.29, 0.717) is 17.9 Å². The Kier molecular flexibility index (Phi) is 5.53. The van der Waals surface area contributed by atoms with E-state index in [1.807, 2.05) is 6.92 Å². The number of rotatable bonds is 6. The quantitative estimate of drug-likeness (QED) is 0.616. The maximum atomic E-state index is 11.1. The van der Waals surface area contributed by atoms with E-state index < -0.39 is 11.9 Å². The number of para-hydroxylation sites is 1. The van der Waals surface area contributed by atoms with Crippen LogP contribution in [0.5, 0.6) is 5.75 Å². The Morgan fingerprint density at radius 3 is 2.55 bits per heavy atom. The fourth-order valence-corrected chi connectivity index (χ4v) is 1.43. The van der Waals surface area contributed by atoms with Crippen molar-refractivity contribution >= 4 is 18.0 Å². The van der Waals surface area contributed by atoms with Crippen LogP contribution in [0, 0.1) is 0 Å². The van der Waals surface area contributed by atoms with Crippen LogP contribution in [-0.2, 0) is 9.59 Å². The number of amides is 1. The summed E-state index contributed by atoms with van der Waals surface area (Å²) in [4.78, 5) is 22.1. The summed E-state index contributed by atoms with van der Waals surface area (Å²) in [7, 11) is 0. The van der Waals surface area contributed by atoms with Crippen molar-refractivity contribution in [3.63, 3.8) is 0 Å². The normalized spacial score (nSPS) is 10.8. The molecule has 0 bridgehead atoms. The summed E-state index contributed by atoms with van der Waals surface area (Å²) in [5.74, 6) is -1.13. The third-order valence-corrected chi connectivity index (χ3v) is 2.23. The molecule has 0 saturated carbocycles. The molecule has 0 spiro atoms. The molecule has 0 aliphatic carbocycles. The lowest BCUT2D eigenvalue weighted by atomic mass is 10.1. The first-order valence-electron chi connectivity index (χ1n) is 5.99. The smallest absolute Gasteiger partial charge is 0.352 e. The fourth-order valence-electron chi connectivity index (χ4n) is 1.43. The molecule has 0 aliphatic heterocycles. The zero-order valence-corrected chi connectivity index (χ0v) is 11.5. The second-order valence-corrected chi connectivity index (χ2v) is 4.33. The van der Waals surface area contributed by atoms with Crippen LogP contribution in [0.3, 0.4) is 0 Å². The zero-order valence-electron chi connectivity index (χ0n) is 11.5. The van der Waals surface area contributed by atoms with Gasteiger partial charge in [0.05, 0.1) is 0 Å². The topological polar surface area (TPSA) is 75.6 Å². The second kappa shape index (κ2) is 7.13. The van der Waals surface area contributed by atoms with Gasteiger partial charge in [0.25, 0.3) is 0 Å². The van der Waals surface area contributed by atoms with Gasteiger partial charge in [0, 0.05) is 12.5 Å². The zero-order chi connectivity index (χ0) is 15.1. The lowest BCUT2D eigenvalue weighted by Crippen LogP contribution is -2.24. The van der Waals surface area contributed by atoms with Gasteiger partial charge in [-0.2, -0.15) is 0 Å². The molecule has 5 nitrogen and oxygen atoms in total. The highest BCUT2D eigenvalue weighted by Gasteiger charge is 2.10. The van der Waals surface area contributed by atoms with Crippen molar-refractivity contribution in [2.24, 2.45) is 0 Å². The molecule has 106 valence electrons. The van der Waals surface area contributed by atoms with E-state index in [2.05, 4.69) is 11.9 Å². The van der Waals surface area contributed by atoms with Gasteiger partial charge in [0.2, 0.25) is 5.91 Å². The van der Waals surface area contributed by atoms with Gasteiger partial charge in [-0.15, -0.1) is 0 Å². The van der Waals surface area contributed by atoms with Gasteiger partial charge in [0.15, 0.2) is 0 Å². The monoisotopic (exact) mass is 275 g/mol. The molecule has 0 radical (unpaired) electrons. The van der Waals surface area contributed by atoms with Crippen LogP contribution >= 0.6 is 0 Å². The first-order chi connectivity index (χ1) is 9.40. The molecule has 1 aromatic carbocycles. The summed E-state index contributed by atoms with van der Waals surface area (Å²) in [5.41, 5.74) is 1.22. The molecule has 0 fully saturated rings. The third-order valence-electron chi connectivity index (χ3n) is 2.23. The lowest BCUT2D eigenvalue weighted by Gasteiger charge is -2.10. The van der Waals surface area contributed by atoms with Crippen molar-refractivity contribution in [2.45, 2.75) is 13.8 Å². The van der Waals surface area contributed by atoms with Crippen LogP contribution in [-0.4, -0.2) is 23.6 Å². The van der Waals surface area contributed by atoms with Gasteiger partial charge in [-0.1, -0.05) is 24.8 Å². The lowest BCUT2D eigenvalue weighted by molar-refractivity contribution is -0.134. The Balaban J connectivity index is 3.07. The molecular formula is C15H17NO4. The van der Waals surface area contributed by atoms with E-state index in [4.69, 9.17) is 9.84 Å². The Morgan fingerprint density at radius 2 is 2.00 bits per heavy atom. The molecule has 2 N–H and O–H groups in total. The molecule has 0 aromatic heterocycles. The molecule has 0 saturated heterocycles. The number of hydrogen-bond donors (Lipinski definition) is 2. The Labute approximate surface area is 117 Å². The van der Waals surface area contributed by atoms with Crippen LogP contribution in [0.25, 0.3) is 6.08 Å². The molecule has 1 aromatic rings. The number of ether oxygens (including phenoxy) is 1. The van der Waals surface area contributed by atoms with Gasteiger partial charge >= 0.3 is 5.97 Å². The highest BCUT2D eigenvalue weighted by Crippen LogP contribution is 2.21. The summed E-state index contributed by atoms with van der Waals surface area (Å²) < 4.78 is 5.53. The maximum absolute atomic E-state index is 11.1. The number of aliphatic carboxylic acids is 1. The van der Waals surface area contributed by atoms with E-state index in [1.54, 1.807) is 24.3 Å². The predicted octanol–water partition coefficient (Wildman–Crippen LogP) is 2.20. The standard InChI is InChI=1S/C15H17NO4/c1-10(2)9-20-14-7-5-4-6-12(14)8-13(15(18)19)16-11(3)17/h4-8H,1,9H2,2-3H3,(H,16,17)(H,18,19)/b13-8+. The largest absolute Gasteiger partial charge is 0.489 e. The van der Waals surface area contributed by atoms with E-state index in [1.165, 1.54) is 13.0 Å². The van der Waals surface area contributed by atoms with Crippen LogP contribution in [0.15, 0.2) is 42.1 Å². The second-order valence-electron chi connectivity index (χ2n) is 4.33. The molecule has 0 atom stereocenters. The number of nitrogens with one attached hydrogen (secondary N) is 1. The predicted molar refractivity (Wildman–Crippen MR) is 76.2 cm³/mol. The first kappa shape index (κ1) is 15.5. The number of carboxylic acid groups (broad SMARTS) is 1. The summed E-state index contributed by atoms with van der Waals surface area (Å²) >= 11 is 0. The minimum absolute atomic E-state index is 0.205. The first-order valence-corrected chi connectivity index (χ1v) is 5.99. The van der Waals surface area contributed by atoms with Crippen LogP contribution in [0.1, 0.15) is 19.4 Å². The Bertz CT molecular complexity index is 561. The van der Waals surface area contributed by atoms with Crippen molar-refractivity contribution in [3.8, 4) is 5.75 Å². The van der Waals surface area contributed by atoms with Gasteiger partial charge in [-0.25, -0.2) is 4.79 Å². The number of carbonyl (C=O) groups excluding carboxylic acids is 1. The molecule has 5 heteroatoms. The molecule has 0 heterocycles. The average molecular weight is 275 g/mol. The molecule has 1 rings (SSSR count). The minimum Gasteiger partial charge on any atom is -0.489 e. The molecule has 0 unspecified atom stereocenters. The van der Waals surface area contributed by atoms with E-state index >= 15 is 0 Å². The third kappa shape index (κ3) is 4.97. The molecule has 20 heavy (non-hydrogen) atoms. The van der Waals surface area contributed by atoms with Gasteiger partial charge < -0.3 is 15.2 Å². The van der Waals surface area contributed by atoms with Gasteiger partial charge in [0.1, 0.15) is 18.1 Å². The van der Waals surface area contributed by atoms with E-state index in [9.17, 15) is 9.59 Å². The summed E-state index contributed by atoms with van der Waals surface area (Å²) in [6, 6.07) is 6.97. The minimum atomic E-state index is -1.21. The maximum Gasteiger partial charge on any atom is 0.352 e. The Morgan fingerprint density at radius 1 is 1.35 bits per heavy atom. The fraction of sp³-hybridized carbons (Fsp3) is 0.200. The van der Waals surface area contributed by atoms with Crippen LogP contribution in [0.2, 0.25) is 0 Å². The SMILES string of the molecule is C=C(C)COc1ccccc1/C=C(/NC(C)=O)C(=O)O. The molecule has 1 amide bonds. The van der Waals surface area contributed by atoms with Crippen molar-refractivity contribution in [1.82, 2.24) is 5.32 Å². The van der Waals surface area contributed by atoms with Gasteiger partial charge in [-0.3, -0.25) is 4.79 Å². The summed E-state index contributed by atoms with van der Waals surface area (Å²) in [6.45, 7) is 7.16. The van der Waals surface area contributed by atoms with Gasteiger partial charge in [-0.05, 0) is 24.6 Å². The van der Waals surface area contributed by atoms with Crippen LogP contribution in [0.4, 0.5) is 0 Å². The van der Waals surface area contributed by atoms with Crippen LogP contribution < -0.4 is 10.1 Å². The highest BCUT2D eigenvalue weighted by molar-refractivity contribution is 5.96. The van der Waals surface area contributed by atoms with Crippen molar-refractivity contribution < 1.29 is 19.4 Å². The number of carboxylic acids is 1. The summed E-state index contributed by atoms with van der Waals surface area (Å²) in [6.07, 6.45) is 1.36. The number of carbonyl (C=O) groups is 2. The average Bonchev–Trinajstić information content (AvgIpc) is 2.36. The van der Waals surface area contributed by atoms with E-state index in [0.717, 1.165) is 5.57 Å². The molecular weight excluding hydrogens is 258 g/mol. The van der Waals surface area contributed by atoms with E-state index in [-0.39, 0.29) is 5.70 Å².